The van der Waals surface area contributed by atoms with Crippen molar-refractivity contribution in [3.8, 4) is 11.5 Å². The van der Waals surface area contributed by atoms with Gasteiger partial charge in [0.15, 0.2) is 11.5 Å². The van der Waals surface area contributed by atoms with Crippen molar-refractivity contribution < 1.29 is 9.84 Å². The van der Waals surface area contributed by atoms with Gasteiger partial charge in [0, 0.05) is 12.1 Å². The Morgan fingerprint density at radius 2 is 1.76 bits per heavy atom. The fourth-order valence-electron chi connectivity index (χ4n) is 2.60. The van der Waals surface area contributed by atoms with Crippen LogP contribution in [0.25, 0.3) is 0 Å². The van der Waals surface area contributed by atoms with Crippen molar-refractivity contribution in [1.29, 1.82) is 0 Å². The Kier molecular flexibility index (Phi) is 4.86. The van der Waals surface area contributed by atoms with Gasteiger partial charge in [0.1, 0.15) is 0 Å². The molecular formula is C18H23NO2. The van der Waals surface area contributed by atoms with E-state index >= 15 is 0 Å². The molecule has 0 saturated heterocycles. The molecule has 2 atom stereocenters. The van der Waals surface area contributed by atoms with Crippen LogP contribution in [0, 0.1) is 6.92 Å². The second-order valence-corrected chi connectivity index (χ2v) is 5.40. The summed E-state index contributed by atoms with van der Waals surface area (Å²) in [5.41, 5.74) is 3.67. The highest BCUT2D eigenvalue weighted by Crippen LogP contribution is 2.30. The van der Waals surface area contributed by atoms with Gasteiger partial charge >= 0.3 is 0 Å². The van der Waals surface area contributed by atoms with E-state index < -0.39 is 0 Å². The number of phenolic OH excluding ortho intramolecular Hbond substituents is 1. The number of hydrogen-bond donors (Lipinski definition) is 2. The van der Waals surface area contributed by atoms with Gasteiger partial charge in [-0.05, 0) is 49.6 Å². The van der Waals surface area contributed by atoms with Crippen LogP contribution in [-0.4, -0.2) is 12.2 Å². The molecule has 21 heavy (non-hydrogen) atoms. The van der Waals surface area contributed by atoms with Gasteiger partial charge in [-0.2, -0.15) is 0 Å². The topological polar surface area (TPSA) is 41.5 Å². The van der Waals surface area contributed by atoms with E-state index in [1.165, 1.54) is 11.1 Å². The molecule has 2 N–H and O–H groups in total. The van der Waals surface area contributed by atoms with E-state index in [4.69, 9.17) is 4.74 Å². The van der Waals surface area contributed by atoms with Gasteiger partial charge < -0.3 is 15.2 Å². The largest absolute Gasteiger partial charge is 0.504 e. The number of ether oxygens (including phenoxy) is 1. The van der Waals surface area contributed by atoms with Gasteiger partial charge in [0.2, 0.25) is 0 Å². The summed E-state index contributed by atoms with van der Waals surface area (Å²) in [5, 5.41) is 13.3. The minimum Gasteiger partial charge on any atom is -0.504 e. The molecule has 0 aliphatic carbocycles. The predicted molar refractivity (Wildman–Crippen MR) is 85.8 cm³/mol. The lowest BCUT2D eigenvalue weighted by atomic mass is 10.0. The summed E-state index contributed by atoms with van der Waals surface area (Å²) in [5.74, 6) is 0.671. The number of phenols is 1. The first-order valence-electron chi connectivity index (χ1n) is 7.21. The molecular weight excluding hydrogens is 262 g/mol. The van der Waals surface area contributed by atoms with Crippen molar-refractivity contribution in [3.05, 3.63) is 59.2 Å². The van der Waals surface area contributed by atoms with Crippen LogP contribution >= 0.6 is 0 Å². The van der Waals surface area contributed by atoms with E-state index in [9.17, 15) is 5.11 Å². The van der Waals surface area contributed by atoms with Gasteiger partial charge in [0.25, 0.3) is 0 Å². The highest BCUT2D eigenvalue weighted by molar-refractivity contribution is 5.42. The molecule has 0 aliphatic rings. The Morgan fingerprint density at radius 1 is 1.05 bits per heavy atom. The number of benzene rings is 2. The van der Waals surface area contributed by atoms with Crippen LogP contribution in [0.5, 0.6) is 11.5 Å². The summed E-state index contributed by atoms with van der Waals surface area (Å²) in [7, 11) is 1.56. The van der Waals surface area contributed by atoms with Gasteiger partial charge in [0.05, 0.1) is 7.11 Å². The maximum Gasteiger partial charge on any atom is 0.160 e. The molecule has 0 aromatic heterocycles. The van der Waals surface area contributed by atoms with E-state index in [2.05, 4.69) is 50.4 Å². The highest BCUT2D eigenvalue weighted by atomic mass is 16.5. The molecule has 0 saturated carbocycles. The van der Waals surface area contributed by atoms with Gasteiger partial charge in [-0.1, -0.05) is 30.3 Å². The number of methoxy groups -OCH3 is 1. The Labute approximate surface area is 126 Å². The lowest BCUT2D eigenvalue weighted by Crippen LogP contribution is -2.23. The molecule has 0 amide bonds. The SMILES string of the molecule is COc1cc(C(C)N[C@H](C)c2ccccc2C)ccc1O. The molecule has 3 heteroatoms. The third kappa shape index (κ3) is 3.56. The van der Waals surface area contributed by atoms with Crippen LogP contribution in [0.1, 0.15) is 42.6 Å². The van der Waals surface area contributed by atoms with E-state index in [1.807, 2.05) is 12.1 Å². The average Bonchev–Trinajstić information content (AvgIpc) is 2.48. The summed E-state index contributed by atoms with van der Waals surface area (Å²) in [4.78, 5) is 0. The number of aromatic hydroxyl groups is 1. The van der Waals surface area contributed by atoms with Crippen molar-refractivity contribution in [2.24, 2.45) is 0 Å². The third-order valence-electron chi connectivity index (χ3n) is 3.86. The van der Waals surface area contributed by atoms with Crippen LogP contribution in [0.15, 0.2) is 42.5 Å². The lowest BCUT2D eigenvalue weighted by molar-refractivity contribution is 0.371. The second kappa shape index (κ2) is 6.64. The van der Waals surface area contributed by atoms with Crippen molar-refractivity contribution >= 4 is 0 Å². The quantitative estimate of drug-likeness (QED) is 0.868. The molecule has 2 aromatic rings. The molecule has 2 rings (SSSR count). The smallest absolute Gasteiger partial charge is 0.160 e. The summed E-state index contributed by atoms with van der Waals surface area (Å²) in [6.45, 7) is 6.40. The third-order valence-corrected chi connectivity index (χ3v) is 3.86. The monoisotopic (exact) mass is 285 g/mol. The van der Waals surface area contributed by atoms with Gasteiger partial charge in [-0.25, -0.2) is 0 Å². The zero-order valence-corrected chi connectivity index (χ0v) is 13.1. The molecule has 0 bridgehead atoms. The minimum absolute atomic E-state index is 0.161. The first-order valence-corrected chi connectivity index (χ1v) is 7.21. The second-order valence-electron chi connectivity index (χ2n) is 5.40. The first-order chi connectivity index (χ1) is 10.0. The molecule has 112 valence electrons. The Bertz CT molecular complexity index is 610. The van der Waals surface area contributed by atoms with Gasteiger partial charge in [-0.15, -0.1) is 0 Å². The molecule has 0 spiro atoms. The zero-order chi connectivity index (χ0) is 15.4. The molecule has 2 aromatic carbocycles. The number of aryl methyl sites for hydroxylation is 1. The maximum absolute atomic E-state index is 9.67. The van der Waals surface area contributed by atoms with Crippen LogP contribution in [-0.2, 0) is 0 Å². The van der Waals surface area contributed by atoms with Gasteiger partial charge in [-0.3, -0.25) is 0 Å². The molecule has 1 unspecified atom stereocenters. The van der Waals surface area contributed by atoms with E-state index in [-0.39, 0.29) is 17.8 Å². The van der Waals surface area contributed by atoms with Crippen molar-refractivity contribution in [3.63, 3.8) is 0 Å². The molecule has 0 aliphatic heterocycles. The molecule has 0 fully saturated rings. The van der Waals surface area contributed by atoms with Crippen LogP contribution < -0.4 is 10.1 Å². The van der Waals surface area contributed by atoms with Crippen molar-refractivity contribution in [2.75, 3.05) is 7.11 Å². The fraction of sp³-hybridized carbons (Fsp3) is 0.333. The summed E-state index contributed by atoms with van der Waals surface area (Å²) < 4.78 is 5.17. The minimum atomic E-state index is 0.161. The molecule has 0 radical (unpaired) electrons. The normalized spacial score (nSPS) is 13.7. The number of hydrogen-bond acceptors (Lipinski definition) is 3. The van der Waals surface area contributed by atoms with Crippen LogP contribution in [0.4, 0.5) is 0 Å². The average molecular weight is 285 g/mol. The number of nitrogens with one attached hydrogen (secondary N) is 1. The summed E-state index contributed by atoms with van der Waals surface area (Å²) in [6.07, 6.45) is 0. The Balaban J connectivity index is 2.14. The Morgan fingerprint density at radius 3 is 2.43 bits per heavy atom. The maximum atomic E-state index is 9.67. The molecule has 3 nitrogen and oxygen atoms in total. The lowest BCUT2D eigenvalue weighted by Gasteiger charge is -2.22. The summed E-state index contributed by atoms with van der Waals surface area (Å²) in [6, 6.07) is 14.3. The van der Waals surface area contributed by atoms with E-state index in [0.717, 1.165) is 5.56 Å². The number of rotatable bonds is 5. The summed E-state index contributed by atoms with van der Waals surface area (Å²) >= 11 is 0. The van der Waals surface area contributed by atoms with E-state index in [0.29, 0.717) is 5.75 Å². The first kappa shape index (κ1) is 15.4. The molecule has 0 heterocycles. The van der Waals surface area contributed by atoms with Crippen molar-refractivity contribution in [2.45, 2.75) is 32.9 Å². The standard InChI is InChI=1S/C18H23NO2/c1-12-7-5-6-8-16(12)14(3)19-13(2)15-9-10-17(20)18(11-15)21-4/h5-11,13-14,19-20H,1-4H3/t13?,14-/m1/s1. The Hall–Kier alpha value is -2.00. The van der Waals surface area contributed by atoms with Crippen molar-refractivity contribution in [1.82, 2.24) is 5.32 Å². The highest BCUT2D eigenvalue weighted by Gasteiger charge is 2.14. The van der Waals surface area contributed by atoms with E-state index in [1.54, 1.807) is 13.2 Å². The van der Waals surface area contributed by atoms with Crippen LogP contribution in [0.2, 0.25) is 0 Å². The zero-order valence-electron chi connectivity index (χ0n) is 13.1. The predicted octanol–water partition coefficient (Wildman–Crippen LogP) is 4.12. The van der Waals surface area contributed by atoms with Crippen LogP contribution in [0.3, 0.4) is 0 Å². The fourth-order valence-corrected chi connectivity index (χ4v) is 2.60.